The lowest BCUT2D eigenvalue weighted by atomic mass is 10.2. The van der Waals surface area contributed by atoms with E-state index in [-0.39, 0.29) is 5.91 Å². The molecule has 0 aliphatic carbocycles. The first-order chi connectivity index (χ1) is 13.7. The second-order valence-corrected chi connectivity index (χ2v) is 7.18. The van der Waals surface area contributed by atoms with Crippen molar-refractivity contribution in [2.45, 2.75) is 13.0 Å². The lowest BCUT2D eigenvalue weighted by Gasteiger charge is -2.10. The van der Waals surface area contributed by atoms with Crippen molar-refractivity contribution in [1.29, 1.82) is 0 Å². The zero-order valence-electron chi connectivity index (χ0n) is 15.1. The third kappa shape index (κ3) is 4.07. The van der Waals surface area contributed by atoms with Crippen LogP contribution in [-0.2, 0) is 4.79 Å². The smallest absolute Gasteiger partial charge is 0.262 e. The highest BCUT2D eigenvalue weighted by Gasteiger charge is 2.14. The summed E-state index contributed by atoms with van der Waals surface area (Å²) in [7, 11) is 0. The molecule has 2 N–H and O–H groups in total. The van der Waals surface area contributed by atoms with Gasteiger partial charge < -0.3 is 9.88 Å². The maximum Gasteiger partial charge on any atom is 0.262 e. The maximum absolute atomic E-state index is 12.2. The summed E-state index contributed by atoms with van der Waals surface area (Å²) in [4.78, 5) is 20.7. The van der Waals surface area contributed by atoms with Crippen molar-refractivity contribution in [3.63, 3.8) is 0 Å². The van der Waals surface area contributed by atoms with E-state index in [1.54, 1.807) is 25.7 Å². The quantitative estimate of drug-likeness (QED) is 0.390. The largest absolute Gasteiger partial charge is 0.350 e. The van der Waals surface area contributed by atoms with Crippen molar-refractivity contribution in [2.24, 2.45) is 5.10 Å². The molecule has 2 aromatic heterocycles. The van der Waals surface area contributed by atoms with Crippen LogP contribution in [0.4, 0.5) is 5.13 Å². The van der Waals surface area contributed by atoms with Crippen molar-refractivity contribution in [2.75, 3.05) is 5.32 Å². The van der Waals surface area contributed by atoms with E-state index in [1.165, 1.54) is 11.3 Å². The first-order valence-corrected chi connectivity index (χ1v) is 9.54. The number of thiazole rings is 1. The summed E-state index contributed by atoms with van der Waals surface area (Å²) in [6, 6.07) is 15.2. The Bertz CT molecular complexity index is 1070. The van der Waals surface area contributed by atoms with Crippen molar-refractivity contribution >= 4 is 38.8 Å². The Hall–Kier alpha value is -3.52. The molecule has 1 atom stereocenters. The minimum absolute atomic E-state index is 0.231. The van der Waals surface area contributed by atoms with Crippen LogP contribution in [0.1, 0.15) is 12.5 Å². The Balaban J connectivity index is 1.32. The van der Waals surface area contributed by atoms with Gasteiger partial charge in [-0.3, -0.25) is 4.79 Å². The van der Waals surface area contributed by atoms with Crippen LogP contribution in [0.25, 0.3) is 15.9 Å². The molecule has 0 radical (unpaired) electrons. The van der Waals surface area contributed by atoms with E-state index in [2.05, 4.69) is 25.8 Å². The zero-order chi connectivity index (χ0) is 19.3. The number of hydrogen-bond acceptors (Lipinski definition) is 6. The Kier molecular flexibility index (Phi) is 5.11. The van der Waals surface area contributed by atoms with Crippen LogP contribution in [0.15, 0.2) is 72.4 Å². The number of para-hydroxylation sites is 1. The number of fused-ring (bicyclic) bond motifs is 1. The SMILES string of the molecule is C[C@@H](Nc1nc2ccccc2s1)C(=O)N/N=C\c1ccc(-n2ccnc2)cc1. The number of imidazole rings is 1. The number of benzene rings is 2. The Morgan fingerprint density at radius 1 is 1.21 bits per heavy atom. The number of rotatable bonds is 6. The van der Waals surface area contributed by atoms with E-state index in [1.807, 2.05) is 59.3 Å². The van der Waals surface area contributed by atoms with E-state index in [0.29, 0.717) is 5.13 Å². The lowest BCUT2D eigenvalue weighted by Crippen LogP contribution is -2.34. The summed E-state index contributed by atoms with van der Waals surface area (Å²) in [6.07, 6.45) is 6.96. The van der Waals surface area contributed by atoms with Gasteiger partial charge in [-0.25, -0.2) is 15.4 Å². The number of aromatic nitrogens is 3. The molecule has 8 heteroatoms. The Morgan fingerprint density at radius 2 is 2.04 bits per heavy atom. The number of carbonyl (C=O) groups is 1. The monoisotopic (exact) mass is 390 g/mol. The molecule has 0 saturated heterocycles. The highest BCUT2D eigenvalue weighted by atomic mass is 32.1. The zero-order valence-corrected chi connectivity index (χ0v) is 15.9. The van der Waals surface area contributed by atoms with E-state index in [0.717, 1.165) is 21.5 Å². The molecular formula is C20H18N6OS. The van der Waals surface area contributed by atoms with Gasteiger partial charge in [-0.15, -0.1) is 0 Å². The average molecular weight is 390 g/mol. The van der Waals surface area contributed by atoms with Crippen molar-refractivity contribution in [3.05, 3.63) is 72.8 Å². The summed E-state index contributed by atoms with van der Waals surface area (Å²) < 4.78 is 2.99. The third-order valence-electron chi connectivity index (χ3n) is 4.11. The number of carbonyl (C=O) groups excluding carboxylic acids is 1. The van der Waals surface area contributed by atoms with Gasteiger partial charge in [-0.05, 0) is 36.8 Å². The Labute approximate surface area is 165 Å². The fourth-order valence-electron chi connectivity index (χ4n) is 2.60. The molecule has 0 unspecified atom stereocenters. The fourth-order valence-corrected chi connectivity index (χ4v) is 3.55. The van der Waals surface area contributed by atoms with Gasteiger partial charge >= 0.3 is 0 Å². The molecule has 0 bridgehead atoms. The average Bonchev–Trinajstić information content (AvgIpc) is 3.38. The first kappa shape index (κ1) is 17.9. The Morgan fingerprint density at radius 3 is 2.79 bits per heavy atom. The summed E-state index contributed by atoms with van der Waals surface area (Å²) in [5.74, 6) is -0.231. The molecule has 28 heavy (non-hydrogen) atoms. The van der Waals surface area contributed by atoms with E-state index in [9.17, 15) is 4.79 Å². The van der Waals surface area contributed by atoms with Crippen LogP contribution >= 0.6 is 11.3 Å². The summed E-state index contributed by atoms with van der Waals surface area (Å²) in [5.41, 5.74) is 5.37. The molecule has 2 aromatic carbocycles. The third-order valence-corrected chi connectivity index (χ3v) is 5.08. The minimum Gasteiger partial charge on any atom is -0.350 e. The molecule has 2 heterocycles. The van der Waals surface area contributed by atoms with Crippen LogP contribution in [0.2, 0.25) is 0 Å². The first-order valence-electron chi connectivity index (χ1n) is 8.72. The van der Waals surface area contributed by atoms with Gasteiger partial charge in [0.1, 0.15) is 6.04 Å². The molecule has 0 fully saturated rings. The standard InChI is InChI=1S/C20H18N6OS/c1-14(23-20-24-17-4-2-3-5-18(17)28-20)19(27)25-22-12-15-6-8-16(9-7-15)26-11-10-21-13-26/h2-14H,1H3,(H,23,24)(H,25,27)/b22-12-/t14-/m1/s1. The van der Waals surface area contributed by atoms with Crippen LogP contribution in [0, 0.1) is 0 Å². The lowest BCUT2D eigenvalue weighted by molar-refractivity contribution is -0.121. The van der Waals surface area contributed by atoms with E-state index < -0.39 is 6.04 Å². The van der Waals surface area contributed by atoms with E-state index >= 15 is 0 Å². The second-order valence-electron chi connectivity index (χ2n) is 6.15. The number of hydrazone groups is 1. The van der Waals surface area contributed by atoms with Gasteiger partial charge in [-0.1, -0.05) is 35.6 Å². The minimum atomic E-state index is -0.457. The maximum atomic E-state index is 12.2. The van der Waals surface area contributed by atoms with Gasteiger partial charge in [0.05, 0.1) is 22.8 Å². The molecule has 0 saturated carbocycles. The van der Waals surface area contributed by atoms with Gasteiger partial charge in [-0.2, -0.15) is 5.10 Å². The summed E-state index contributed by atoms with van der Waals surface area (Å²) >= 11 is 1.52. The van der Waals surface area contributed by atoms with Crippen LogP contribution in [-0.4, -0.2) is 32.7 Å². The van der Waals surface area contributed by atoms with Crippen LogP contribution in [0.3, 0.4) is 0 Å². The predicted octanol–water partition coefficient (Wildman–Crippen LogP) is 3.43. The molecule has 140 valence electrons. The van der Waals surface area contributed by atoms with Crippen molar-refractivity contribution < 1.29 is 4.79 Å². The van der Waals surface area contributed by atoms with Crippen LogP contribution in [0.5, 0.6) is 0 Å². The van der Waals surface area contributed by atoms with Gasteiger partial charge in [0.25, 0.3) is 5.91 Å². The highest BCUT2D eigenvalue weighted by molar-refractivity contribution is 7.22. The highest BCUT2D eigenvalue weighted by Crippen LogP contribution is 2.25. The number of anilines is 1. The normalized spacial score (nSPS) is 12.3. The molecule has 0 aliphatic rings. The molecule has 1 amide bonds. The summed E-state index contributed by atoms with van der Waals surface area (Å²) in [6.45, 7) is 1.77. The summed E-state index contributed by atoms with van der Waals surface area (Å²) in [5, 5.41) is 7.87. The number of nitrogens with one attached hydrogen (secondary N) is 2. The number of hydrogen-bond donors (Lipinski definition) is 2. The van der Waals surface area contributed by atoms with E-state index in [4.69, 9.17) is 0 Å². The molecule has 7 nitrogen and oxygen atoms in total. The van der Waals surface area contributed by atoms with Gasteiger partial charge in [0.2, 0.25) is 0 Å². The number of nitrogens with zero attached hydrogens (tertiary/aromatic N) is 4. The molecule has 0 aliphatic heterocycles. The molecule has 0 spiro atoms. The molecule has 4 rings (SSSR count). The topological polar surface area (TPSA) is 84.2 Å². The van der Waals surface area contributed by atoms with Crippen molar-refractivity contribution in [3.8, 4) is 5.69 Å². The molecule has 4 aromatic rings. The number of amides is 1. The fraction of sp³-hybridized carbons (Fsp3) is 0.100. The van der Waals surface area contributed by atoms with Crippen molar-refractivity contribution in [1.82, 2.24) is 20.0 Å². The molecular weight excluding hydrogens is 372 g/mol. The van der Waals surface area contributed by atoms with Gasteiger partial charge in [0.15, 0.2) is 5.13 Å². The predicted molar refractivity (Wildman–Crippen MR) is 112 cm³/mol. The van der Waals surface area contributed by atoms with Gasteiger partial charge in [0, 0.05) is 18.1 Å². The second kappa shape index (κ2) is 8.01. The van der Waals surface area contributed by atoms with Crippen LogP contribution < -0.4 is 10.7 Å².